The lowest BCUT2D eigenvalue weighted by Gasteiger charge is -2.22. The van der Waals surface area contributed by atoms with E-state index in [9.17, 15) is 0 Å². The normalized spacial score (nSPS) is 13.1. The van der Waals surface area contributed by atoms with E-state index in [-0.39, 0.29) is 5.41 Å². The molecule has 0 unspecified atom stereocenters. The summed E-state index contributed by atoms with van der Waals surface area (Å²) >= 11 is 0. The number of fused-ring (bicyclic) bond motifs is 4. The number of para-hydroxylation sites is 2. The molecule has 204 valence electrons. The number of hydrogen-bond acceptors (Lipinski definition) is 3. The molecule has 0 N–H and O–H groups in total. The van der Waals surface area contributed by atoms with E-state index in [0.717, 1.165) is 44.8 Å². The molecule has 0 bridgehead atoms. The average Bonchev–Trinajstić information content (AvgIpc) is 3.30. The fourth-order valence-corrected chi connectivity index (χ4v) is 6.43. The monoisotopic (exact) mass is 551 g/mol. The summed E-state index contributed by atoms with van der Waals surface area (Å²) in [6.07, 6.45) is 1.86. The molecule has 1 aliphatic rings. The Bertz CT molecular complexity index is 2130. The van der Waals surface area contributed by atoms with Crippen molar-refractivity contribution in [2.45, 2.75) is 19.3 Å². The minimum Gasteiger partial charge on any atom is -0.256 e. The molecule has 0 spiro atoms. The lowest BCUT2D eigenvalue weighted by Crippen LogP contribution is -2.15. The van der Waals surface area contributed by atoms with Gasteiger partial charge in [-0.05, 0) is 69.8 Å². The van der Waals surface area contributed by atoms with Gasteiger partial charge in [-0.3, -0.25) is 4.98 Å². The van der Waals surface area contributed by atoms with Crippen molar-refractivity contribution in [2.24, 2.45) is 0 Å². The highest BCUT2D eigenvalue weighted by Gasteiger charge is 2.36. The van der Waals surface area contributed by atoms with Crippen LogP contribution in [0.2, 0.25) is 0 Å². The number of benzene rings is 5. The fourth-order valence-electron chi connectivity index (χ4n) is 6.43. The molecule has 3 heteroatoms. The highest BCUT2D eigenvalue weighted by molar-refractivity contribution is 5.88. The molecule has 8 rings (SSSR count). The zero-order chi connectivity index (χ0) is 29.0. The fraction of sp³-hybridized carbons (Fsp3) is 0.0750. The third kappa shape index (κ3) is 4.24. The molecule has 2 heterocycles. The standard InChI is InChI=1S/C40H29N3/c1-40(2)33-24-29(19-21-31(33)32-22-20-30(25-34(32)40)35-12-8-9-23-41-35)26-15-17-28(18-16-26)39-38(27-10-4-3-5-11-27)42-36-13-6-7-14-37(36)43-39/h3-25H,1-2H3. The van der Waals surface area contributed by atoms with Crippen molar-refractivity contribution in [1.82, 2.24) is 15.0 Å². The zero-order valence-electron chi connectivity index (χ0n) is 24.1. The van der Waals surface area contributed by atoms with E-state index in [1.54, 1.807) is 0 Å². The Labute approximate surface area is 251 Å². The first kappa shape index (κ1) is 25.3. The maximum Gasteiger partial charge on any atom is 0.0973 e. The number of nitrogens with zero attached hydrogens (tertiary/aromatic N) is 3. The molecule has 0 saturated heterocycles. The Kier molecular flexibility index (Phi) is 5.80. The second kappa shape index (κ2) is 9.85. The maximum atomic E-state index is 5.08. The minimum absolute atomic E-state index is 0.114. The number of rotatable bonds is 4. The van der Waals surface area contributed by atoms with E-state index < -0.39 is 0 Å². The van der Waals surface area contributed by atoms with Crippen LogP contribution in [-0.4, -0.2) is 15.0 Å². The van der Waals surface area contributed by atoms with Gasteiger partial charge in [0.05, 0.1) is 28.1 Å². The third-order valence-electron chi connectivity index (χ3n) is 8.75. The minimum atomic E-state index is -0.114. The molecular formula is C40H29N3. The second-order valence-corrected chi connectivity index (χ2v) is 11.7. The molecule has 43 heavy (non-hydrogen) atoms. The number of pyridine rings is 1. The van der Waals surface area contributed by atoms with Gasteiger partial charge < -0.3 is 0 Å². The van der Waals surface area contributed by atoms with Crippen LogP contribution in [0, 0.1) is 0 Å². The van der Waals surface area contributed by atoms with Gasteiger partial charge in [-0.1, -0.05) is 111 Å². The second-order valence-electron chi connectivity index (χ2n) is 11.7. The summed E-state index contributed by atoms with van der Waals surface area (Å²) in [7, 11) is 0. The summed E-state index contributed by atoms with van der Waals surface area (Å²) in [5.41, 5.74) is 15.5. The van der Waals surface area contributed by atoms with Crippen LogP contribution >= 0.6 is 0 Å². The Morgan fingerprint density at radius 2 is 0.953 bits per heavy atom. The molecule has 0 atom stereocenters. The van der Waals surface area contributed by atoms with Crippen LogP contribution in [0.5, 0.6) is 0 Å². The van der Waals surface area contributed by atoms with Gasteiger partial charge in [0, 0.05) is 28.3 Å². The van der Waals surface area contributed by atoms with E-state index >= 15 is 0 Å². The Morgan fingerprint density at radius 3 is 1.58 bits per heavy atom. The number of hydrogen-bond donors (Lipinski definition) is 0. The van der Waals surface area contributed by atoms with Gasteiger partial charge in [0.1, 0.15) is 0 Å². The van der Waals surface area contributed by atoms with Crippen LogP contribution < -0.4 is 0 Å². The van der Waals surface area contributed by atoms with Crippen LogP contribution in [0.25, 0.3) is 67.1 Å². The van der Waals surface area contributed by atoms with Crippen LogP contribution in [0.15, 0.2) is 140 Å². The van der Waals surface area contributed by atoms with Gasteiger partial charge in [-0.15, -0.1) is 0 Å². The van der Waals surface area contributed by atoms with Gasteiger partial charge in [-0.25, -0.2) is 9.97 Å². The molecule has 0 amide bonds. The maximum absolute atomic E-state index is 5.08. The summed E-state index contributed by atoms with van der Waals surface area (Å²) in [6.45, 7) is 4.66. The van der Waals surface area contributed by atoms with Gasteiger partial charge in [0.25, 0.3) is 0 Å². The van der Waals surface area contributed by atoms with Crippen molar-refractivity contribution >= 4 is 11.0 Å². The topological polar surface area (TPSA) is 38.7 Å². The summed E-state index contributed by atoms with van der Waals surface area (Å²) in [4.78, 5) is 14.7. The van der Waals surface area contributed by atoms with Gasteiger partial charge in [0.2, 0.25) is 0 Å². The molecule has 1 aliphatic carbocycles. The smallest absolute Gasteiger partial charge is 0.0973 e. The Morgan fingerprint density at radius 1 is 0.442 bits per heavy atom. The predicted molar refractivity (Wildman–Crippen MR) is 177 cm³/mol. The number of aromatic nitrogens is 3. The summed E-state index contributed by atoms with van der Waals surface area (Å²) in [6, 6.07) is 46.9. The molecule has 2 aromatic heterocycles. The lowest BCUT2D eigenvalue weighted by atomic mass is 9.81. The quantitative estimate of drug-likeness (QED) is 0.218. The molecule has 3 nitrogen and oxygen atoms in total. The summed E-state index contributed by atoms with van der Waals surface area (Å²) in [5.74, 6) is 0. The summed E-state index contributed by atoms with van der Waals surface area (Å²) < 4.78 is 0. The average molecular weight is 552 g/mol. The van der Waals surface area contributed by atoms with Crippen molar-refractivity contribution in [2.75, 3.05) is 0 Å². The SMILES string of the molecule is CC1(C)c2cc(-c3ccc(-c4nc5ccccc5nc4-c4ccccc4)cc3)ccc2-c2ccc(-c3ccccn3)cc21. The van der Waals surface area contributed by atoms with Crippen molar-refractivity contribution < 1.29 is 0 Å². The molecule has 0 saturated carbocycles. The lowest BCUT2D eigenvalue weighted by molar-refractivity contribution is 0.661. The van der Waals surface area contributed by atoms with E-state index in [0.29, 0.717) is 0 Å². The van der Waals surface area contributed by atoms with Crippen LogP contribution in [0.3, 0.4) is 0 Å². The largest absolute Gasteiger partial charge is 0.256 e. The highest BCUT2D eigenvalue weighted by atomic mass is 14.8. The third-order valence-corrected chi connectivity index (χ3v) is 8.75. The van der Waals surface area contributed by atoms with E-state index in [1.807, 2.05) is 60.8 Å². The van der Waals surface area contributed by atoms with Gasteiger partial charge in [-0.2, -0.15) is 0 Å². The zero-order valence-corrected chi connectivity index (χ0v) is 24.1. The van der Waals surface area contributed by atoms with E-state index in [2.05, 4.69) is 97.7 Å². The van der Waals surface area contributed by atoms with Crippen molar-refractivity contribution in [3.8, 4) is 56.0 Å². The van der Waals surface area contributed by atoms with Gasteiger partial charge in [0.15, 0.2) is 0 Å². The Balaban J connectivity index is 1.17. The first-order valence-corrected chi connectivity index (χ1v) is 14.7. The van der Waals surface area contributed by atoms with Crippen molar-refractivity contribution in [3.05, 3.63) is 151 Å². The molecular weight excluding hydrogens is 522 g/mol. The molecule has 7 aromatic rings. The highest BCUT2D eigenvalue weighted by Crippen LogP contribution is 2.50. The van der Waals surface area contributed by atoms with E-state index in [4.69, 9.17) is 9.97 Å². The molecule has 5 aromatic carbocycles. The first-order chi connectivity index (χ1) is 21.1. The van der Waals surface area contributed by atoms with Crippen LogP contribution in [0.4, 0.5) is 0 Å². The van der Waals surface area contributed by atoms with Gasteiger partial charge >= 0.3 is 0 Å². The summed E-state index contributed by atoms with van der Waals surface area (Å²) in [5, 5.41) is 0. The predicted octanol–water partition coefficient (Wildman–Crippen LogP) is 10.00. The van der Waals surface area contributed by atoms with Crippen molar-refractivity contribution in [3.63, 3.8) is 0 Å². The first-order valence-electron chi connectivity index (χ1n) is 14.7. The van der Waals surface area contributed by atoms with E-state index in [1.165, 1.54) is 33.4 Å². The molecule has 0 fully saturated rings. The molecule has 0 aliphatic heterocycles. The molecule has 0 radical (unpaired) electrons. The van der Waals surface area contributed by atoms with Crippen LogP contribution in [0.1, 0.15) is 25.0 Å². The van der Waals surface area contributed by atoms with Crippen LogP contribution in [-0.2, 0) is 5.41 Å². The van der Waals surface area contributed by atoms with Crippen molar-refractivity contribution in [1.29, 1.82) is 0 Å². The Hall–Kier alpha value is -5.41.